The van der Waals surface area contributed by atoms with Gasteiger partial charge in [0.2, 0.25) is 5.91 Å². The SMILES string of the molecule is CCCOc1c(Cl)cc(C(=O)N2CCN(CC(=O)N3CCCCCC3)CC2)cc1OC. The van der Waals surface area contributed by atoms with Crippen molar-refractivity contribution >= 4 is 23.4 Å². The Labute approximate surface area is 190 Å². The van der Waals surface area contributed by atoms with Gasteiger partial charge in [-0.1, -0.05) is 31.4 Å². The number of halogens is 1. The molecule has 3 rings (SSSR count). The maximum Gasteiger partial charge on any atom is 0.254 e. The van der Waals surface area contributed by atoms with Gasteiger partial charge in [0.15, 0.2) is 11.5 Å². The lowest BCUT2D eigenvalue weighted by Gasteiger charge is -2.35. The molecule has 0 unspecified atom stereocenters. The molecule has 2 saturated heterocycles. The minimum atomic E-state index is -0.0827. The van der Waals surface area contributed by atoms with Crippen LogP contribution in [0.25, 0.3) is 0 Å². The van der Waals surface area contributed by atoms with E-state index in [2.05, 4.69) is 4.90 Å². The Morgan fingerprint density at radius 2 is 1.65 bits per heavy atom. The number of ether oxygens (including phenoxy) is 2. The Kier molecular flexibility index (Phi) is 8.84. The number of piperazine rings is 1. The van der Waals surface area contributed by atoms with Gasteiger partial charge in [0, 0.05) is 44.8 Å². The van der Waals surface area contributed by atoms with Crippen molar-refractivity contribution in [3.05, 3.63) is 22.7 Å². The molecule has 0 spiro atoms. The monoisotopic (exact) mass is 451 g/mol. The highest BCUT2D eigenvalue weighted by Crippen LogP contribution is 2.37. The Bertz CT molecular complexity index is 757. The highest BCUT2D eigenvalue weighted by Gasteiger charge is 2.26. The lowest BCUT2D eigenvalue weighted by atomic mass is 10.1. The lowest BCUT2D eigenvalue weighted by molar-refractivity contribution is -0.132. The predicted octanol–water partition coefficient (Wildman–Crippen LogP) is 3.30. The summed E-state index contributed by atoms with van der Waals surface area (Å²) in [7, 11) is 1.54. The average molecular weight is 452 g/mol. The summed E-state index contributed by atoms with van der Waals surface area (Å²) in [6.07, 6.45) is 5.48. The summed E-state index contributed by atoms with van der Waals surface area (Å²) in [5.74, 6) is 1.06. The van der Waals surface area contributed by atoms with E-state index in [1.165, 1.54) is 12.8 Å². The summed E-state index contributed by atoms with van der Waals surface area (Å²) in [5.41, 5.74) is 0.486. The zero-order valence-electron chi connectivity index (χ0n) is 18.7. The van der Waals surface area contributed by atoms with E-state index in [4.69, 9.17) is 21.1 Å². The van der Waals surface area contributed by atoms with Crippen LogP contribution in [0.15, 0.2) is 12.1 Å². The average Bonchev–Trinajstić information content (AvgIpc) is 3.07. The number of carbonyl (C=O) groups is 2. The molecule has 8 heteroatoms. The minimum Gasteiger partial charge on any atom is -0.493 e. The molecule has 0 bridgehead atoms. The van der Waals surface area contributed by atoms with Gasteiger partial charge in [-0.25, -0.2) is 0 Å². The second-order valence-corrected chi connectivity index (χ2v) is 8.61. The molecule has 172 valence electrons. The first-order valence-electron chi connectivity index (χ1n) is 11.3. The van der Waals surface area contributed by atoms with E-state index in [0.717, 1.165) is 32.4 Å². The number of hydrogen-bond acceptors (Lipinski definition) is 5. The topological polar surface area (TPSA) is 62.3 Å². The van der Waals surface area contributed by atoms with Crippen LogP contribution in [0.1, 0.15) is 49.4 Å². The Hall–Kier alpha value is -1.99. The highest BCUT2D eigenvalue weighted by molar-refractivity contribution is 6.32. The van der Waals surface area contributed by atoms with Gasteiger partial charge in [-0.05, 0) is 31.4 Å². The lowest BCUT2D eigenvalue weighted by Crippen LogP contribution is -2.51. The molecule has 0 radical (unpaired) electrons. The molecule has 7 nitrogen and oxygen atoms in total. The van der Waals surface area contributed by atoms with Crippen LogP contribution in [0.2, 0.25) is 5.02 Å². The third-order valence-corrected chi connectivity index (χ3v) is 6.18. The van der Waals surface area contributed by atoms with Crippen molar-refractivity contribution in [1.82, 2.24) is 14.7 Å². The van der Waals surface area contributed by atoms with Gasteiger partial charge in [-0.15, -0.1) is 0 Å². The Morgan fingerprint density at radius 3 is 2.26 bits per heavy atom. The summed E-state index contributed by atoms with van der Waals surface area (Å²) in [6.45, 7) is 7.27. The van der Waals surface area contributed by atoms with Crippen molar-refractivity contribution in [2.24, 2.45) is 0 Å². The fraction of sp³-hybridized carbons (Fsp3) is 0.652. The molecule has 0 atom stereocenters. The zero-order valence-corrected chi connectivity index (χ0v) is 19.5. The number of carbonyl (C=O) groups excluding carboxylic acids is 2. The van der Waals surface area contributed by atoms with E-state index in [1.54, 1.807) is 19.2 Å². The first kappa shape index (κ1) is 23.7. The van der Waals surface area contributed by atoms with Crippen LogP contribution in [0.4, 0.5) is 0 Å². The number of nitrogens with zero attached hydrogens (tertiary/aromatic N) is 3. The molecule has 31 heavy (non-hydrogen) atoms. The van der Waals surface area contributed by atoms with Crippen molar-refractivity contribution in [3.8, 4) is 11.5 Å². The van der Waals surface area contributed by atoms with Gasteiger partial charge in [0.05, 0.1) is 25.3 Å². The smallest absolute Gasteiger partial charge is 0.254 e. The first-order valence-corrected chi connectivity index (χ1v) is 11.7. The van der Waals surface area contributed by atoms with E-state index in [-0.39, 0.29) is 11.8 Å². The zero-order chi connectivity index (χ0) is 22.2. The number of methoxy groups -OCH3 is 1. The normalized spacial score (nSPS) is 17.9. The van der Waals surface area contributed by atoms with Crippen molar-refractivity contribution < 1.29 is 19.1 Å². The van der Waals surface area contributed by atoms with Gasteiger partial charge in [0.25, 0.3) is 5.91 Å². The molecule has 0 aromatic heterocycles. The standard InChI is InChI=1S/C23H34ClN3O4/c1-3-14-31-22-19(24)15-18(16-20(22)30-2)23(29)27-12-10-25(11-13-27)17-21(28)26-8-6-4-5-7-9-26/h15-16H,3-14,17H2,1-2H3. The van der Waals surface area contributed by atoms with Gasteiger partial charge < -0.3 is 19.3 Å². The van der Waals surface area contributed by atoms with Crippen LogP contribution < -0.4 is 9.47 Å². The molecule has 2 heterocycles. The fourth-order valence-corrected chi connectivity index (χ4v) is 4.36. The summed E-state index contributed by atoms with van der Waals surface area (Å²) < 4.78 is 11.1. The third-order valence-electron chi connectivity index (χ3n) is 5.90. The molecule has 2 aliphatic heterocycles. The highest BCUT2D eigenvalue weighted by atomic mass is 35.5. The fourth-order valence-electron chi connectivity index (χ4n) is 4.09. The molecular formula is C23H34ClN3O4. The Morgan fingerprint density at radius 1 is 0.968 bits per heavy atom. The molecular weight excluding hydrogens is 418 g/mol. The van der Waals surface area contributed by atoms with E-state index < -0.39 is 0 Å². The quantitative estimate of drug-likeness (QED) is 0.636. The molecule has 2 fully saturated rings. The van der Waals surface area contributed by atoms with Crippen molar-refractivity contribution in [2.75, 3.05) is 59.5 Å². The summed E-state index contributed by atoms with van der Waals surface area (Å²) in [6, 6.07) is 3.33. The Balaban J connectivity index is 1.56. The van der Waals surface area contributed by atoms with Crippen LogP contribution in [-0.4, -0.2) is 86.0 Å². The number of rotatable bonds is 7. The minimum absolute atomic E-state index is 0.0827. The van der Waals surface area contributed by atoms with E-state index in [9.17, 15) is 9.59 Å². The maximum absolute atomic E-state index is 13.0. The number of amides is 2. The number of likely N-dealkylation sites (tertiary alicyclic amines) is 1. The molecule has 2 amide bonds. The van der Waals surface area contributed by atoms with Gasteiger partial charge in [-0.3, -0.25) is 14.5 Å². The largest absolute Gasteiger partial charge is 0.493 e. The molecule has 0 saturated carbocycles. The van der Waals surface area contributed by atoms with Crippen LogP contribution in [0.3, 0.4) is 0 Å². The number of hydrogen-bond donors (Lipinski definition) is 0. The van der Waals surface area contributed by atoms with Gasteiger partial charge >= 0.3 is 0 Å². The van der Waals surface area contributed by atoms with Gasteiger partial charge in [-0.2, -0.15) is 0 Å². The maximum atomic E-state index is 13.0. The molecule has 2 aliphatic rings. The summed E-state index contributed by atoms with van der Waals surface area (Å²) in [4.78, 5) is 31.6. The second kappa shape index (κ2) is 11.6. The van der Waals surface area contributed by atoms with Crippen LogP contribution in [0, 0.1) is 0 Å². The number of benzene rings is 1. The second-order valence-electron chi connectivity index (χ2n) is 8.20. The van der Waals surface area contributed by atoms with Crippen molar-refractivity contribution in [3.63, 3.8) is 0 Å². The summed E-state index contributed by atoms with van der Waals surface area (Å²) in [5, 5.41) is 0.373. The predicted molar refractivity (Wildman–Crippen MR) is 121 cm³/mol. The molecule has 1 aromatic carbocycles. The molecule has 1 aromatic rings. The van der Waals surface area contributed by atoms with E-state index in [0.29, 0.717) is 61.4 Å². The van der Waals surface area contributed by atoms with Crippen LogP contribution in [0.5, 0.6) is 11.5 Å². The van der Waals surface area contributed by atoms with Crippen LogP contribution >= 0.6 is 11.6 Å². The summed E-state index contributed by atoms with van der Waals surface area (Å²) >= 11 is 6.37. The van der Waals surface area contributed by atoms with Gasteiger partial charge in [0.1, 0.15) is 0 Å². The molecule has 0 N–H and O–H groups in total. The first-order chi connectivity index (χ1) is 15.0. The molecule has 0 aliphatic carbocycles. The van der Waals surface area contributed by atoms with Crippen LogP contribution in [-0.2, 0) is 4.79 Å². The van der Waals surface area contributed by atoms with E-state index >= 15 is 0 Å². The van der Waals surface area contributed by atoms with Crippen molar-refractivity contribution in [2.45, 2.75) is 39.0 Å². The third kappa shape index (κ3) is 6.26. The van der Waals surface area contributed by atoms with E-state index in [1.807, 2.05) is 16.7 Å². The van der Waals surface area contributed by atoms with Crippen molar-refractivity contribution in [1.29, 1.82) is 0 Å².